The molecular weight excluding hydrogens is 485 g/mol. The van der Waals surface area contributed by atoms with Crippen molar-refractivity contribution in [2.45, 2.75) is 36.5 Å². The number of carboxylic acid groups (broad SMARTS) is 1. The van der Waals surface area contributed by atoms with Crippen LogP contribution in [-0.4, -0.2) is 31.1 Å². The van der Waals surface area contributed by atoms with Crippen LogP contribution in [0.3, 0.4) is 0 Å². The van der Waals surface area contributed by atoms with Crippen LogP contribution in [-0.2, 0) is 27.4 Å². The van der Waals surface area contributed by atoms with Crippen molar-refractivity contribution in [3.63, 3.8) is 0 Å². The molecular formula is C24H21F3N2O5S. The lowest BCUT2D eigenvalue weighted by atomic mass is 9.87. The average molecular weight is 507 g/mol. The molecule has 0 amide bonds. The molecule has 2 aromatic carbocycles. The zero-order chi connectivity index (χ0) is 25.2. The van der Waals surface area contributed by atoms with E-state index < -0.39 is 40.4 Å². The summed E-state index contributed by atoms with van der Waals surface area (Å²) < 4.78 is 73.0. The van der Waals surface area contributed by atoms with E-state index >= 15 is 0 Å². The van der Waals surface area contributed by atoms with Gasteiger partial charge in [-0.15, -0.1) is 0 Å². The van der Waals surface area contributed by atoms with Crippen molar-refractivity contribution < 1.29 is 36.2 Å². The number of nitrogens with zero attached hydrogens (tertiary/aromatic N) is 1. The maximum atomic E-state index is 13.0. The van der Waals surface area contributed by atoms with Gasteiger partial charge in [0.15, 0.2) is 11.6 Å². The molecule has 3 aromatic rings. The molecule has 0 bridgehead atoms. The number of aliphatic carboxylic acids is 1. The Balaban J connectivity index is 1.55. The SMILES string of the molecule is O=C(O)COc1cccc2c1CCCC2NS(=O)(=O)c1ccc(-c2cccc(C(F)(F)F)c2)cn1. The predicted octanol–water partition coefficient (Wildman–Crippen LogP) is 4.59. The van der Waals surface area contributed by atoms with Crippen molar-refractivity contribution in [1.29, 1.82) is 0 Å². The number of hydrogen-bond acceptors (Lipinski definition) is 5. The number of pyridine rings is 1. The molecule has 1 aliphatic rings. The zero-order valence-electron chi connectivity index (χ0n) is 18.2. The van der Waals surface area contributed by atoms with Crippen LogP contribution < -0.4 is 9.46 Å². The molecule has 1 aliphatic carbocycles. The van der Waals surface area contributed by atoms with Gasteiger partial charge >= 0.3 is 12.1 Å². The Bertz CT molecular complexity index is 1340. The molecule has 0 spiro atoms. The van der Waals surface area contributed by atoms with Crippen LogP contribution in [0.5, 0.6) is 5.75 Å². The van der Waals surface area contributed by atoms with Gasteiger partial charge < -0.3 is 9.84 Å². The Labute approximate surface area is 199 Å². The highest BCUT2D eigenvalue weighted by Gasteiger charge is 2.31. The summed E-state index contributed by atoms with van der Waals surface area (Å²) in [6.45, 7) is -0.505. The zero-order valence-corrected chi connectivity index (χ0v) is 19.1. The molecule has 0 saturated heterocycles. The minimum absolute atomic E-state index is 0.263. The Morgan fingerprint density at radius 1 is 1.11 bits per heavy atom. The van der Waals surface area contributed by atoms with Crippen molar-refractivity contribution >= 4 is 16.0 Å². The Morgan fingerprint density at radius 3 is 2.57 bits per heavy atom. The fraction of sp³-hybridized carbons (Fsp3) is 0.250. The van der Waals surface area contributed by atoms with E-state index in [-0.39, 0.29) is 10.6 Å². The molecule has 1 unspecified atom stereocenters. The van der Waals surface area contributed by atoms with E-state index in [1.165, 1.54) is 30.5 Å². The molecule has 7 nitrogen and oxygen atoms in total. The summed E-state index contributed by atoms with van der Waals surface area (Å²) in [6, 6.07) is 11.9. The molecule has 0 aliphatic heterocycles. The fourth-order valence-corrected chi connectivity index (χ4v) is 5.22. The van der Waals surface area contributed by atoms with Gasteiger partial charge in [0.1, 0.15) is 5.75 Å². The molecule has 2 N–H and O–H groups in total. The maximum Gasteiger partial charge on any atom is 0.416 e. The molecule has 0 fully saturated rings. The van der Waals surface area contributed by atoms with Gasteiger partial charge in [0, 0.05) is 17.8 Å². The smallest absolute Gasteiger partial charge is 0.416 e. The minimum Gasteiger partial charge on any atom is -0.482 e. The fourth-order valence-electron chi connectivity index (χ4n) is 4.04. The number of rotatable bonds is 7. The van der Waals surface area contributed by atoms with Crippen molar-refractivity contribution in [3.05, 3.63) is 77.5 Å². The van der Waals surface area contributed by atoms with Crippen molar-refractivity contribution in [2.24, 2.45) is 0 Å². The summed E-state index contributed by atoms with van der Waals surface area (Å²) in [5.74, 6) is -0.715. The van der Waals surface area contributed by atoms with E-state index in [1.54, 1.807) is 18.2 Å². The highest BCUT2D eigenvalue weighted by molar-refractivity contribution is 7.89. The summed E-state index contributed by atoms with van der Waals surface area (Å²) in [7, 11) is -4.05. The quantitative estimate of drug-likeness (QED) is 0.486. The van der Waals surface area contributed by atoms with E-state index in [2.05, 4.69) is 9.71 Å². The number of alkyl halides is 3. The van der Waals surface area contributed by atoms with Crippen molar-refractivity contribution in [3.8, 4) is 16.9 Å². The van der Waals surface area contributed by atoms with E-state index in [1.807, 2.05) is 0 Å². The lowest BCUT2D eigenvalue weighted by Gasteiger charge is -2.27. The van der Waals surface area contributed by atoms with Gasteiger partial charge in [-0.05, 0) is 66.3 Å². The second kappa shape index (κ2) is 9.67. The van der Waals surface area contributed by atoms with Crippen LogP contribution in [0.25, 0.3) is 11.1 Å². The monoisotopic (exact) mass is 506 g/mol. The van der Waals surface area contributed by atoms with Gasteiger partial charge in [-0.2, -0.15) is 13.2 Å². The van der Waals surface area contributed by atoms with Gasteiger partial charge in [0.25, 0.3) is 10.0 Å². The molecule has 0 radical (unpaired) electrons. The van der Waals surface area contributed by atoms with E-state index in [4.69, 9.17) is 9.84 Å². The Morgan fingerprint density at radius 2 is 1.89 bits per heavy atom. The lowest BCUT2D eigenvalue weighted by Crippen LogP contribution is -2.31. The van der Waals surface area contributed by atoms with E-state index in [0.29, 0.717) is 36.1 Å². The largest absolute Gasteiger partial charge is 0.482 e. The highest BCUT2D eigenvalue weighted by atomic mass is 32.2. The Kier molecular flexibility index (Phi) is 6.82. The van der Waals surface area contributed by atoms with Crippen LogP contribution in [0.4, 0.5) is 13.2 Å². The second-order valence-corrected chi connectivity index (χ2v) is 9.70. The normalized spacial score (nSPS) is 15.9. The molecule has 184 valence electrons. The minimum atomic E-state index is -4.49. The third kappa shape index (κ3) is 5.63. The van der Waals surface area contributed by atoms with Crippen LogP contribution in [0.15, 0.2) is 65.8 Å². The van der Waals surface area contributed by atoms with Gasteiger partial charge in [-0.3, -0.25) is 0 Å². The third-order valence-electron chi connectivity index (χ3n) is 5.65. The number of carbonyl (C=O) groups is 1. The topological polar surface area (TPSA) is 106 Å². The average Bonchev–Trinajstić information content (AvgIpc) is 2.82. The lowest BCUT2D eigenvalue weighted by molar-refractivity contribution is -0.139. The van der Waals surface area contributed by atoms with Crippen LogP contribution in [0, 0.1) is 0 Å². The van der Waals surface area contributed by atoms with Crippen molar-refractivity contribution in [1.82, 2.24) is 9.71 Å². The van der Waals surface area contributed by atoms with Gasteiger partial charge in [-0.25, -0.2) is 22.9 Å². The van der Waals surface area contributed by atoms with Gasteiger partial charge in [0.2, 0.25) is 0 Å². The number of nitrogens with one attached hydrogen (secondary N) is 1. The number of benzene rings is 2. The Hall–Kier alpha value is -3.44. The summed E-state index contributed by atoms with van der Waals surface area (Å²) in [6.07, 6.45) is -1.47. The first-order valence-corrected chi connectivity index (χ1v) is 12.2. The van der Waals surface area contributed by atoms with E-state index in [9.17, 15) is 26.4 Å². The molecule has 1 heterocycles. The molecule has 1 aromatic heterocycles. The molecule has 0 saturated carbocycles. The molecule has 4 rings (SSSR count). The highest BCUT2D eigenvalue weighted by Crippen LogP contribution is 2.36. The maximum absolute atomic E-state index is 13.0. The number of hydrogen-bond donors (Lipinski definition) is 2. The molecule has 1 atom stereocenters. The molecule has 11 heteroatoms. The number of ether oxygens (including phenoxy) is 1. The first-order valence-electron chi connectivity index (χ1n) is 10.7. The number of aromatic nitrogens is 1. The first-order chi connectivity index (χ1) is 16.5. The van der Waals surface area contributed by atoms with E-state index in [0.717, 1.165) is 17.7 Å². The number of sulfonamides is 1. The summed E-state index contributed by atoms with van der Waals surface area (Å²) >= 11 is 0. The van der Waals surface area contributed by atoms with Crippen molar-refractivity contribution in [2.75, 3.05) is 6.61 Å². The summed E-state index contributed by atoms with van der Waals surface area (Å²) in [5, 5.41) is 8.61. The summed E-state index contributed by atoms with van der Waals surface area (Å²) in [4.78, 5) is 14.8. The summed E-state index contributed by atoms with van der Waals surface area (Å²) in [5.41, 5.74) is 1.25. The van der Waals surface area contributed by atoms with Crippen LogP contribution in [0.1, 0.15) is 35.6 Å². The van der Waals surface area contributed by atoms with Crippen LogP contribution in [0.2, 0.25) is 0 Å². The number of carboxylic acids is 1. The predicted molar refractivity (Wildman–Crippen MR) is 120 cm³/mol. The van der Waals surface area contributed by atoms with Gasteiger partial charge in [-0.1, -0.05) is 24.3 Å². The first kappa shape index (κ1) is 24.7. The standard InChI is InChI=1S/C24H21F3N2O5S/c25-24(26,27)17-5-1-4-15(12-17)16-10-11-22(28-13-16)35(32,33)29-20-8-2-7-19-18(20)6-3-9-21(19)34-14-23(30)31/h1,3-6,9-13,20,29H,2,7-8,14H2,(H,30,31). The second-order valence-electron chi connectivity index (χ2n) is 8.04. The van der Waals surface area contributed by atoms with Crippen LogP contribution >= 0.6 is 0 Å². The van der Waals surface area contributed by atoms with Gasteiger partial charge in [0.05, 0.1) is 5.56 Å². The number of fused-ring (bicyclic) bond motifs is 1. The molecule has 35 heavy (non-hydrogen) atoms. The number of halogens is 3. The third-order valence-corrected chi connectivity index (χ3v) is 7.03.